The molecule has 0 radical (unpaired) electrons. The molecule has 1 aromatic rings. The Morgan fingerprint density at radius 1 is 1.26 bits per heavy atom. The molecule has 0 fully saturated rings. The van der Waals surface area contributed by atoms with Crippen molar-refractivity contribution in [2.75, 3.05) is 7.11 Å². The molecule has 0 saturated heterocycles. The molecule has 2 atom stereocenters. The Balaban J connectivity index is 2.75. The fourth-order valence-electron chi connectivity index (χ4n) is 1.72. The van der Waals surface area contributed by atoms with Gasteiger partial charge in [0, 0.05) is 5.54 Å². The normalized spacial score (nSPS) is 14.6. The summed E-state index contributed by atoms with van der Waals surface area (Å²) in [6.07, 6.45) is -0.826. The Morgan fingerprint density at radius 3 is 2.21 bits per heavy atom. The second-order valence-electron chi connectivity index (χ2n) is 5.75. The summed E-state index contributed by atoms with van der Waals surface area (Å²) in [5.74, 6) is 0.0613. The van der Waals surface area contributed by atoms with Gasteiger partial charge in [-0.05, 0) is 38.5 Å². The average molecular weight is 265 g/mol. The van der Waals surface area contributed by atoms with Gasteiger partial charge in [-0.15, -0.1) is 0 Å². The third-order valence-electron chi connectivity index (χ3n) is 2.84. The lowest BCUT2D eigenvalue weighted by atomic mass is 9.95. The molecule has 1 amide bonds. The van der Waals surface area contributed by atoms with Gasteiger partial charge in [0.1, 0.15) is 5.75 Å². The zero-order valence-corrected chi connectivity index (χ0v) is 12.2. The van der Waals surface area contributed by atoms with Crippen LogP contribution < -0.4 is 10.1 Å². The average Bonchev–Trinajstić information content (AvgIpc) is 2.35. The van der Waals surface area contributed by atoms with Crippen LogP contribution in [0.1, 0.15) is 39.4 Å². The van der Waals surface area contributed by atoms with Crippen LogP contribution in [-0.4, -0.2) is 23.7 Å². The highest BCUT2D eigenvalue weighted by atomic mass is 16.5. The van der Waals surface area contributed by atoms with Crippen LogP contribution in [0.2, 0.25) is 0 Å². The summed E-state index contributed by atoms with van der Waals surface area (Å²) in [5, 5.41) is 13.1. The lowest BCUT2D eigenvalue weighted by Gasteiger charge is -2.25. The number of nitrogens with one attached hydrogen (secondary N) is 1. The van der Waals surface area contributed by atoms with Gasteiger partial charge in [-0.1, -0.05) is 19.1 Å². The van der Waals surface area contributed by atoms with Crippen molar-refractivity contribution in [1.82, 2.24) is 5.32 Å². The van der Waals surface area contributed by atoms with E-state index in [1.165, 1.54) is 0 Å². The summed E-state index contributed by atoms with van der Waals surface area (Å²) >= 11 is 0. The van der Waals surface area contributed by atoms with Gasteiger partial charge in [-0.3, -0.25) is 4.79 Å². The largest absolute Gasteiger partial charge is 0.497 e. The monoisotopic (exact) mass is 265 g/mol. The van der Waals surface area contributed by atoms with Crippen molar-refractivity contribution in [3.63, 3.8) is 0 Å². The van der Waals surface area contributed by atoms with Gasteiger partial charge < -0.3 is 15.2 Å². The number of ether oxygens (including phenoxy) is 1. The van der Waals surface area contributed by atoms with Gasteiger partial charge >= 0.3 is 0 Å². The van der Waals surface area contributed by atoms with E-state index >= 15 is 0 Å². The highest BCUT2D eigenvalue weighted by Crippen LogP contribution is 2.24. The predicted octanol–water partition coefficient (Wildman–Crippen LogP) is 2.28. The number of aliphatic hydroxyl groups excluding tert-OH is 1. The van der Waals surface area contributed by atoms with E-state index in [2.05, 4.69) is 5.32 Å². The first-order valence-electron chi connectivity index (χ1n) is 6.38. The third kappa shape index (κ3) is 4.56. The maximum absolute atomic E-state index is 12.0. The first kappa shape index (κ1) is 15.5. The Bertz CT molecular complexity index is 420. The summed E-state index contributed by atoms with van der Waals surface area (Å²) in [6.45, 7) is 7.46. The molecule has 106 valence electrons. The SMILES string of the molecule is COc1ccc([C@@H](O)[C@H](C)C(=O)NC(C)(C)C)cc1. The van der Waals surface area contributed by atoms with Crippen molar-refractivity contribution in [2.45, 2.75) is 39.3 Å². The van der Waals surface area contributed by atoms with E-state index in [0.717, 1.165) is 5.75 Å². The molecule has 0 bridgehead atoms. The van der Waals surface area contributed by atoms with E-state index in [1.807, 2.05) is 20.8 Å². The summed E-state index contributed by atoms with van der Waals surface area (Å²) in [6, 6.07) is 7.08. The third-order valence-corrected chi connectivity index (χ3v) is 2.84. The van der Waals surface area contributed by atoms with E-state index in [-0.39, 0.29) is 11.4 Å². The molecule has 0 spiro atoms. The lowest BCUT2D eigenvalue weighted by Crippen LogP contribution is -2.44. The van der Waals surface area contributed by atoms with Crippen LogP contribution >= 0.6 is 0 Å². The van der Waals surface area contributed by atoms with Gasteiger partial charge in [0.2, 0.25) is 5.91 Å². The van der Waals surface area contributed by atoms with Crippen LogP contribution in [0.4, 0.5) is 0 Å². The molecule has 0 heterocycles. The topological polar surface area (TPSA) is 58.6 Å². The van der Waals surface area contributed by atoms with Crippen molar-refractivity contribution in [2.24, 2.45) is 5.92 Å². The van der Waals surface area contributed by atoms with E-state index in [1.54, 1.807) is 38.3 Å². The number of rotatable bonds is 4. The van der Waals surface area contributed by atoms with Crippen LogP contribution in [0.25, 0.3) is 0 Å². The molecule has 0 aliphatic rings. The van der Waals surface area contributed by atoms with Crippen LogP contribution in [0.3, 0.4) is 0 Å². The Labute approximate surface area is 114 Å². The van der Waals surface area contributed by atoms with Crippen LogP contribution in [0, 0.1) is 5.92 Å². The lowest BCUT2D eigenvalue weighted by molar-refractivity contribution is -0.129. The van der Waals surface area contributed by atoms with Gasteiger partial charge in [0.25, 0.3) is 0 Å². The number of benzene rings is 1. The molecule has 0 aromatic heterocycles. The van der Waals surface area contributed by atoms with Crippen LogP contribution in [0.5, 0.6) is 5.75 Å². The maximum atomic E-state index is 12.0. The smallest absolute Gasteiger partial charge is 0.226 e. The number of carbonyl (C=O) groups excluding carboxylic acids is 1. The number of hydrogen-bond donors (Lipinski definition) is 2. The molecule has 4 heteroatoms. The van der Waals surface area contributed by atoms with Crippen molar-refractivity contribution >= 4 is 5.91 Å². The molecule has 1 rings (SSSR count). The highest BCUT2D eigenvalue weighted by Gasteiger charge is 2.26. The van der Waals surface area contributed by atoms with Crippen molar-refractivity contribution in [1.29, 1.82) is 0 Å². The zero-order valence-electron chi connectivity index (χ0n) is 12.2. The summed E-state index contributed by atoms with van der Waals surface area (Å²) in [5.41, 5.74) is 0.405. The standard InChI is InChI=1S/C15H23NO3/c1-10(14(18)16-15(2,3)4)13(17)11-6-8-12(19-5)9-7-11/h6-10,13,17H,1-5H3,(H,16,18)/t10-,13-/m0/s1. The molecule has 19 heavy (non-hydrogen) atoms. The zero-order chi connectivity index (χ0) is 14.6. The minimum atomic E-state index is -0.826. The molecule has 0 aliphatic heterocycles. The quantitative estimate of drug-likeness (QED) is 0.878. The first-order chi connectivity index (χ1) is 8.74. The number of methoxy groups -OCH3 is 1. The molecule has 0 aliphatic carbocycles. The molecule has 4 nitrogen and oxygen atoms in total. The van der Waals surface area contributed by atoms with Gasteiger partial charge in [-0.25, -0.2) is 0 Å². The number of carbonyl (C=O) groups is 1. The number of amides is 1. The van der Waals surface area contributed by atoms with Crippen LogP contribution in [-0.2, 0) is 4.79 Å². The van der Waals surface area contributed by atoms with E-state index < -0.39 is 12.0 Å². The summed E-state index contributed by atoms with van der Waals surface area (Å²) in [7, 11) is 1.59. The number of aliphatic hydroxyl groups is 1. The maximum Gasteiger partial charge on any atom is 0.226 e. The van der Waals surface area contributed by atoms with E-state index in [9.17, 15) is 9.90 Å². The Morgan fingerprint density at radius 2 is 1.79 bits per heavy atom. The van der Waals surface area contributed by atoms with Crippen molar-refractivity contribution in [3.8, 4) is 5.75 Å². The molecule has 2 N–H and O–H groups in total. The Hall–Kier alpha value is -1.55. The molecule has 0 saturated carbocycles. The van der Waals surface area contributed by atoms with Crippen LogP contribution in [0.15, 0.2) is 24.3 Å². The molecule has 1 aromatic carbocycles. The van der Waals surface area contributed by atoms with Gasteiger partial charge in [-0.2, -0.15) is 0 Å². The van der Waals surface area contributed by atoms with Crippen molar-refractivity contribution in [3.05, 3.63) is 29.8 Å². The highest BCUT2D eigenvalue weighted by molar-refractivity contribution is 5.79. The second-order valence-corrected chi connectivity index (χ2v) is 5.75. The molecule has 0 unspecified atom stereocenters. The fraction of sp³-hybridized carbons (Fsp3) is 0.533. The van der Waals surface area contributed by atoms with Crippen molar-refractivity contribution < 1.29 is 14.6 Å². The van der Waals surface area contributed by atoms with Gasteiger partial charge in [0.15, 0.2) is 0 Å². The van der Waals surface area contributed by atoms with E-state index in [4.69, 9.17) is 4.74 Å². The minimum absolute atomic E-state index is 0.157. The van der Waals surface area contributed by atoms with Gasteiger partial charge in [0.05, 0.1) is 19.1 Å². The summed E-state index contributed by atoms with van der Waals surface area (Å²) in [4.78, 5) is 12.0. The molecular formula is C15H23NO3. The number of hydrogen-bond acceptors (Lipinski definition) is 3. The fourth-order valence-corrected chi connectivity index (χ4v) is 1.72. The first-order valence-corrected chi connectivity index (χ1v) is 6.38. The van der Waals surface area contributed by atoms with E-state index in [0.29, 0.717) is 5.56 Å². The Kier molecular flexibility index (Phi) is 4.95. The summed E-state index contributed by atoms with van der Waals surface area (Å²) < 4.78 is 5.06. The predicted molar refractivity (Wildman–Crippen MR) is 75.0 cm³/mol. The minimum Gasteiger partial charge on any atom is -0.497 e. The second kappa shape index (κ2) is 6.06. The molecular weight excluding hydrogens is 242 g/mol.